The van der Waals surface area contributed by atoms with Gasteiger partial charge < -0.3 is 4.90 Å². The first kappa shape index (κ1) is 11.8. The maximum absolute atomic E-state index is 12.1. The molecule has 1 aliphatic carbocycles. The molecule has 1 saturated carbocycles. The molecule has 1 fully saturated rings. The lowest BCUT2D eigenvalue weighted by Crippen LogP contribution is -2.45. The van der Waals surface area contributed by atoms with E-state index in [2.05, 4.69) is 30.0 Å². The molecule has 0 amide bonds. The zero-order valence-corrected chi connectivity index (χ0v) is 11.1. The van der Waals surface area contributed by atoms with Gasteiger partial charge in [0.25, 0.3) is 0 Å². The SMILES string of the molecule is Cc1ccc2c(c1)CCCN2C1CCCCC1=O. The van der Waals surface area contributed by atoms with Crippen LogP contribution >= 0.6 is 0 Å². The topological polar surface area (TPSA) is 20.3 Å². The molecule has 0 saturated heterocycles. The standard InChI is InChI=1S/C16H21NO/c1-12-8-9-14-13(11-12)5-4-10-17(14)15-6-2-3-7-16(15)18/h8-9,11,15H,2-7,10H2,1H3. The summed E-state index contributed by atoms with van der Waals surface area (Å²) >= 11 is 0. The highest BCUT2D eigenvalue weighted by atomic mass is 16.1. The molecule has 2 aliphatic rings. The van der Waals surface area contributed by atoms with Crippen LogP contribution in [-0.4, -0.2) is 18.4 Å². The Morgan fingerprint density at radius 1 is 1.17 bits per heavy atom. The Hall–Kier alpha value is -1.31. The van der Waals surface area contributed by atoms with Crippen molar-refractivity contribution in [3.8, 4) is 0 Å². The molecule has 96 valence electrons. The van der Waals surface area contributed by atoms with Crippen LogP contribution in [-0.2, 0) is 11.2 Å². The van der Waals surface area contributed by atoms with E-state index in [0.29, 0.717) is 5.78 Å². The summed E-state index contributed by atoms with van der Waals surface area (Å²) in [6.07, 6.45) is 6.46. The normalized spacial score (nSPS) is 23.9. The summed E-state index contributed by atoms with van der Waals surface area (Å²) in [4.78, 5) is 14.5. The molecule has 1 atom stereocenters. The number of benzene rings is 1. The molecule has 0 radical (unpaired) electrons. The van der Waals surface area contributed by atoms with E-state index < -0.39 is 0 Å². The van der Waals surface area contributed by atoms with E-state index in [4.69, 9.17) is 0 Å². The van der Waals surface area contributed by atoms with Crippen LogP contribution in [0.2, 0.25) is 0 Å². The summed E-state index contributed by atoms with van der Waals surface area (Å²) in [6, 6.07) is 6.82. The van der Waals surface area contributed by atoms with Gasteiger partial charge >= 0.3 is 0 Å². The van der Waals surface area contributed by atoms with Crippen LogP contribution in [0.25, 0.3) is 0 Å². The molecular formula is C16H21NO. The first-order valence-corrected chi connectivity index (χ1v) is 7.14. The van der Waals surface area contributed by atoms with Gasteiger partial charge in [0.05, 0.1) is 6.04 Å². The number of rotatable bonds is 1. The molecule has 18 heavy (non-hydrogen) atoms. The fraction of sp³-hybridized carbons (Fsp3) is 0.562. The summed E-state index contributed by atoms with van der Waals surface area (Å²) in [5, 5.41) is 0. The second-order valence-electron chi connectivity index (χ2n) is 5.66. The lowest BCUT2D eigenvalue weighted by Gasteiger charge is -2.39. The number of fused-ring (bicyclic) bond motifs is 1. The monoisotopic (exact) mass is 243 g/mol. The van der Waals surface area contributed by atoms with E-state index in [1.165, 1.54) is 29.7 Å². The number of carbonyl (C=O) groups is 1. The van der Waals surface area contributed by atoms with E-state index >= 15 is 0 Å². The number of Topliss-reactive ketones (excluding diaryl/α,β-unsaturated/α-hetero) is 1. The van der Waals surface area contributed by atoms with Crippen molar-refractivity contribution < 1.29 is 4.79 Å². The highest BCUT2D eigenvalue weighted by molar-refractivity contribution is 5.88. The van der Waals surface area contributed by atoms with Crippen molar-refractivity contribution in [3.63, 3.8) is 0 Å². The van der Waals surface area contributed by atoms with Crippen molar-refractivity contribution in [3.05, 3.63) is 29.3 Å². The average Bonchev–Trinajstić information content (AvgIpc) is 2.38. The molecule has 2 nitrogen and oxygen atoms in total. The van der Waals surface area contributed by atoms with Crippen molar-refractivity contribution in [2.24, 2.45) is 0 Å². The maximum Gasteiger partial charge on any atom is 0.155 e. The van der Waals surface area contributed by atoms with Gasteiger partial charge in [-0.25, -0.2) is 0 Å². The summed E-state index contributed by atoms with van der Waals surface area (Å²) in [5.74, 6) is 0.453. The molecule has 2 heteroatoms. The quantitative estimate of drug-likeness (QED) is 0.754. The third-order valence-electron chi connectivity index (χ3n) is 4.29. The van der Waals surface area contributed by atoms with E-state index in [-0.39, 0.29) is 6.04 Å². The van der Waals surface area contributed by atoms with E-state index in [1.807, 2.05) is 0 Å². The summed E-state index contributed by atoms with van der Waals surface area (Å²) in [5.41, 5.74) is 4.07. The highest BCUT2D eigenvalue weighted by Crippen LogP contribution is 2.32. The Kier molecular flexibility index (Phi) is 3.11. The van der Waals surface area contributed by atoms with E-state index in [0.717, 1.165) is 32.2 Å². The molecule has 1 unspecified atom stereocenters. The van der Waals surface area contributed by atoms with Gasteiger partial charge in [0.15, 0.2) is 5.78 Å². The predicted molar refractivity (Wildman–Crippen MR) is 74.1 cm³/mol. The lowest BCUT2D eigenvalue weighted by atomic mass is 9.90. The van der Waals surface area contributed by atoms with Crippen molar-refractivity contribution in [1.29, 1.82) is 0 Å². The molecule has 0 aromatic heterocycles. The first-order chi connectivity index (χ1) is 8.75. The lowest BCUT2D eigenvalue weighted by molar-refractivity contribution is -0.121. The third-order valence-corrected chi connectivity index (χ3v) is 4.29. The van der Waals surface area contributed by atoms with Crippen molar-refractivity contribution in [2.45, 2.75) is 51.5 Å². The van der Waals surface area contributed by atoms with Gasteiger partial charge in [-0.15, -0.1) is 0 Å². The Morgan fingerprint density at radius 2 is 2.06 bits per heavy atom. The van der Waals surface area contributed by atoms with Crippen LogP contribution in [0, 0.1) is 6.92 Å². The minimum Gasteiger partial charge on any atom is -0.361 e. The molecular weight excluding hydrogens is 222 g/mol. The Bertz CT molecular complexity index is 466. The smallest absolute Gasteiger partial charge is 0.155 e. The number of carbonyl (C=O) groups excluding carboxylic acids is 1. The number of ketones is 1. The summed E-state index contributed by atoms with van der Waals surface area (Å²) in [6.45, 7) is 3.19. The number of hydrogen-bond acceptors (Lipinski definition) is 2. The van der Waals surface area contributed by atoms with Gasteiger partial charge in [-0.05, 0) is 44.2 Å². The second-order valence-corrected chi connectivity index (χ2v) is 5.66. The fourth-order valence-electron chi connectivity index (χ4n) is 3.37. The molecule has 3 rings (SSSR count). The van der Waals surface area contributed by atoms with Crippen LogP contribution < -0.4 is 4.90 Å². The largest absolute Gasteiger partial charge is 0.361 e. The maximum atomic E-state index is 12.1. The van der Waals surface area contributed by atoms with Gasteiger partial charge in [-0.2, -0.15) is 0 Å². The van der Waals surface area contributed by atoms with Crippen LogP contribution in [0.15, 0.2) is 18.2 Å². The molecule has 0 N–H and O–H groups in total. The predicted octanol–water partition coefficient (Wildman–Crippen LogP) is 3.26. The molecule has 0 bridgehead atoms. The first-order valence-electron chi connectivity index (χ1n) is 7.14. The third kappa shape index (κ3) is 2.05. The van der Waals surface area contributed by atoms with Gasteiger partial charge in [-0.3, -0.25) is 4.79 Å². The van der Waals surface area contributed by atoms with Gasteiger partial charge in [0.1, 0.15) is 0 Å². The van der Waals surface area contributed by atoms with Gasteiger partial charge in [0, 0.05) is 18.7 Å². The number of anilines is 1. The summed E-state index contributed by atoms with van der Waals surface area (Å²) < 4.78 is 0. The minimum absolute atomic E-state index is 0.153. The van der Waals surface area contributed by atoms with Crippen LogP contribution in [0.3, 0.4) is 0 Å². The second kappa shape index (κ2) is 4.75. The summed E-state index contributed by atoms with van der Waals surface area (Å²) in [7, 11) is 0. The fourth-order valence-corrected chi connectivity index (χ4v) is 3.37. The molecule has 1 aromatic carbocycles. The number of nitrogens with zero attached hydrogens (tertiary/aromatic N) is 1. The highest BCUT2D eigenvalue weighted by Gasteiger charge is 2.30. The van der Waals surface area contributed by atoms with Crippen molar-refractivity contribution >= 4 is 11.5 Å². The number of aryl methyl sites for hydroxylation is 2. The Labute approximate surface area is 109 Å². The zero-order chi connectivity index (χ0) is 12.5. The molecule has 0 spiro atoms. The van der Waals surface area contributed by atoms with E-state index in [1.54, 1.807) is 0 Å². The van der Waals surface area contributed by atoms with Crippen LogP contribution in [0.1, 0.15) is 43.2 Å². The molecule has 1 aliphatic heterocycles. The van der Waals surface area contributed by atoms with Crippen LogP contribution in [0.5, 0.6) is 0 Å². The molecule has 1 aromatic rings. The number of hydrogen-bond donors (Lipinski definition) is 0. The van der Waals surface area contributed by atoms with Gasteiger partial charge in [-0.1, -0.05) is 24.1 Å². The van der Waals surface area contributed by atoms with Crippen molar-refractivity contribution in [1.82, 2.24) is 0 Å². The van der Waals surface area contributed by atoms with Gasteiger partial charge in [0.2, 0.25) is 0 Å². The molecule has 1 heterocycles. The van der Waals surface area contributed by atoms with E-state index in [9.17, 15) is 4.79 Å². The zero-order valence-electron chi connectivity index (χ0n) is 11.1. The Balaban J connectivity index is 1.93. The Morgan fingerprint density at radius 3 is 2.89 bits per heavy atom. The minimum atomic E-state index is 0.153. The van der Waals surface area contributed by atoms with Crippen molar-refractivity contribution in [2.75, 3.05) is 11.4 Å². The van der Waals surface area contributed by atoms with Crippen LogP contribution in [0.4, 0.5) is 5.69 Å². The average molecular weight is 243 g/mol.